The predicted octanol–water partition coefficient (Wildman–Crippen LogP) is 10.1. The average molecular weight is 750 g/mol. The van der Waals surface area contributed by atoms with E-state index in [4.69, 9.17) is 32.7 Å². The molecule has 1 fully saturated rings. The Kier molecular flexibility index (Phi) is 14.0. The Morgan fingerprint density at radius 3 is 2.44 bits per heavy atom. The molecule has 0 amide bonds. The van der Waals surface area contributed by atoms with Crippen molar-refractivity contribution in [2.24, 2.45) is 17.8 Å². The molecule has 0 radical (unpaired) electrons. The molecule has 0 spiro atoms. The number of carbonyl (C=O) groups excluding carboxylic acids is 3. The van der Waals surface area contributed by atoms with Crippen molar-refractivity contribution in [3.8, 4) is 28.0 Å². The van der Waals surface area contributed by atoms with Crippen molar-refractivity contribution in [3.63, 3.8) is 0 Å². The van der Waals surface area contributed by atoms with Crippen molar-refractivity contribution in [1.29, 1.82) is 0 Å². The van der Waals surface area contributed by atoms with Crippen molar-refractivity contribution >= 4 is 46.6 Å². The van der Waals surface area contributed by atoms with Crippen LogP contribution in [0.15, 0.2) is 66.3 Å². The molecule has 1 N–H and O–H groups in total. The lowest BCUT2D eigenvalue weighted by molar-refractivity contribution is -0.126. The van der Waals surface area contributed by atoms with E-state index in [1.165, 1.54) is 19.3 Å². The highest BCUT2D eigenvalue weighted by Gasteiger charge is 2.26. The van der Waals surface area contributed by atoms with Gasteiger partial charge in [0.05, 0.1) is 35.4 Å². The SMILES string of the molecule is COc1cc(-c2cccc(-c3cccc(/C=C/C(=O)/C4=C/CCC(C)C(=O)C(C)CCC4=O)c3Cl)c2Cl)cc(F)c1CCCC[C@H]1COCC[C@@H]1O. The fourth-order valence-corrected chi connectivity index (χ4v) is 7.78. The van der Waals surface area contributed by atoms with E-state index in [0.29, 0.717) is 94.5 Å². The quantitative estimate of drug-likeness (QED) is 0.119. The van der Waals surface area contributed by atoms with E-state index in [1.54, 1.807) is 24.3 Å². The number of carbonyl (C=O) groups is 3. The summed E-state index contributed by atoms with van der Waals surface area (Å²) in [7, 11) is 1.52. The fourth-order valence-electron chi connectivity index (χ4n) is 7.15. The first-order valence-electron chi connectivity index (χ1n) is 18.2. The van der Waals surface area contributed by atoms with E-state index in [2.05, 4.69) is 0 Å². The molecular weight excluding hydrogens is 702 g/mol. The highest BCUT2D eigenvalue weighted by Crippen LogP contribution is 2.42. The predicted molar refractivity (Wildman–Crippen MR) is 205 cm³/mol. The van der Waals surface area contributed by atoms with E-state index in [-0.39, 0.29) is 53.2 Å². The number of ether oxygens (including phenoxy) is 2. The Labute approximate surface area is 316 Å². The molecular formula is C43H47Cl2FO6. The van der Waals surface area contributed by atoms with Gasteiger partial charge in [0, 0.05) is 53.0 Å². The molecule has 1 aliphatic carbocycles. The lowest BCUT2D eigenvalue weighted by Crippen LogP contribution is -2.31. The Balaban J connectivity index is 1.34. The Morgan fingerprint density at radius 1 is 0.981 bits per heavy atom. The molecule has 1 heterocycles. The second-order valence-corrected chi connectivity index (χ2v) is 14.8. The van der Waals surface area contributed by atoms with E-state index < -0.39 is 5.78 Å². The number of allylic oxidation sites excluding steroid dienone is 3. The first-order chi connectivity index (χ1) is 25.0. The minimum atomic E-state index is -0.407. The van der Waals surface area contributed by atoms with Gasteiger partial charge in [-0.1, -0.05) is 85.9 Å². The maximum Gasteiger partial charge on any atom is 0.189 e. The maximum absolute atomic E-state index is 15.7. The van der Waals surface area contributed by atoms with E-state index in [1.807, 2.05) is 44.2 Å². The summed E-state index contributed by atoms with van der Waals surface area (Å²) in [6.45, 7) is 4.88. The zero-order chi connectivity index (χ0) is 37.4. The summed E-state index contributed by atoms with van der Waals surface area (Å²) in [5.74, 6) is -0.696. The number of aliphatic hydroxyl groups is 1. The molecule has 0 aromatic heterocycles. The summed E-state index contributed by atoms with van der Waals surface area (Å²) < 4.78 is 26.8. The Morgan fingerprint density at radius 2 is 1.69 bits per heavy atom. The Bertz CT molecular complexity index is 1850. The number of hydrogen-bond acceptors (Lipinski definition) is 6. The third-order valence-electron chi connectivity index (χ3n) is 10.4. The van der Waals surface area contributed by atoms with Gasteiger partial charge >= 0.3 is 0 Å². The number of aliphatic hydroxyl groups excluding tert-OH is 1. The van der Waals surface area contributed by atoms with Gasteiger partial charge in [-0.15, -0.1) is 0 Å². The van der Waals surface area contributed by atoms with Crippen molar-refractivity contribution in [2.45, 2.75) is 77.7 Å². The van der Waals surface area contributed by atoms with Crippen LogP contribution in [0, 0.1) is 23.6 Å². The molecule has 3 aromatic carbocycles. The lowest BCUT2D eigenvalue weighted by atomic mass is 9.85. The highest BCUT2D eigenvalue weighted by molar-refractivity contribution is 6.39. The molecule has 2 aliphatic rings. The van der Waals surface area contributed by atoms with Crippen molar-refractivity contribution in [3.05, 3.63) is 93.2 Å². The number of ketones is 3. The summed E-state index contributed by atoms with van der Waals surface area (Å²) in [5.41, 5.74) is 3.62. The zero-order valence-corrected chi connectivity index (χ0v) is 31.6. The second kappa shape index (κ2) is 18.4. The number of halogens is 3. The monoisotopic (exact) mass is 748 g/mol. The van der Waals surface area contributed by atoms with Crippen molar-refractivity contribution in [2.75, 3.05) is 20.3 Å². The summed E-state index contributed by atoms with van der Waals surface area (Å²) in [4.78, 5) is 38.8. The number of benzene rings is 3. The largest absolute Gasteiger partial charge is 0.496 e. The summed E-state index contributed by atoms with van der Waals surface area (Å²) in [6, 6.07) is 14.1. The first kappa shape index (κ1) is 39.6. The van der Waals surface area contributed by atoms with Crippen LogP contribution in [-0.4, -0.2) is 48.9 Å². The third kappa shape index (κ3) is 9.48. The minimum Gasteiger partial charge on any atom is -0.496 e. The molecule has 0 saturated carbocycles. The van der Waals surface area contributed by atoms with Gasteiger partial charge in [-0.3, -0.25) is 14.4 Å². The van der Waals surface area contributed by atoms with Gasteiger partial charge in [0.25, 0.3) is 0 Å². The summed E-state index contributed by atoms with van der Waals surface area (Å²) >= 11 is 13.9. The molecule has 1 saturated heterocycles. The van der Waals surface area contributed by atoms with Gasteiger partial charge in [0.1, 0.15) is 17.3 Å². The number of hydrogen-bond donors (Lipinski definition) is 1. The van der Waals surface area contributed by atoms with Crippen LogP contribution in [-0.2, 0) is 25.5 Å². The Hall–Kier alpha value is -3.62. The lowest BCUT2D eigenvalue weighted by Gasteiger charge is -2.27. The standard InChI is InChI=1S/C43H47Cl2FO6/c1-26-9-6-16-35(38(48)19-17-27(2)43(26)50)39(49)20-18-28-11-7-14-32(41(28)44)33-15-8-13-31(42(33)45)30-23-36(46)34(40(24-30)51-3)12-5-4-10-29-25-52-22-21-37(29)47/h7-8,11,13-16,18,20,23-24,26-27,29,37,47H,4-6,9-10,12,17,19,21-22,25H2,1-3H3/b20-18+,35-16+/t26?,27?,29-,37-/m0/s1. The van der Waals surface area contributed by atoms with Crippen molar-refractivity contribution in [1.82, 2.24) is 0 Å². The van der Waals surface area contributed by atoms with Crippen LogP contribution in [0.3, 0.4) is 0 Å². The number of rotatable bonds is 11. The van der Waals surface area contributed by atoms with Crippen LogP contribution in [0.25, 0.3) is 28.3 Å². The first-order valence-corrected chi connectivity index (χ1v) is 18.9. The van der Waals surface area contributed by atoms with Crippen LogP contribution in [0.5, 0.6) is 5.75 Å². The van der Waals surface area contributed by atoms with E-state index in [0.717, 1.165) is 19.3 Å². The average Bonchev–Trinajstić information content (AvgIpc) is 3.13. The van der Waals surface area contributed by atoms with E-state index in [9.17, 15) is 19.5 Å². The number of methoxy groups -OCH3 is 1. The highest BCUT2D eigenvalue weighted by atomic mass is 35.5. The van der Waals surface area contributed by atoms with Gasteiger partial charge in [-0.05, 0) is 80.4 Å². The molecule has 5 rings (SSSR count). The molecule has 4 atom stereocenters. The van der Waals surface area contributed by atoms with Crippen LogP contribution in [0.4, 0.5) is 4.39 Å². The van der Waals surface area contributed by atoms with Crippen molar-refractivity contribution < 1.29 is 33.4 Å². The van der Waals surface area contributed by atoms with Crippen LogP contribution in [0.1, 0.15) is 76.3 Å². The molecule has 3 aromatic rings. The summed E-state index contributed by atoms with van der Waals surface area (Å²) in [6.07, 6.45) is 9.42. The number of Topliss-reactive ketones (excluding diaryl/α,β-unsaturated/α-hetero) is 2. The fraction of sp³-hybridized carbons (Fsp3) is 0.419. The van der Waals surface area contributed by atoms with Gasteiger partial charge in [-0.2, -0.15) is 0 Å². The molecule has 0 bridgehead atoms. The van der Waals surface area contributed by atoms with Gasteiger partial charge in [0.2, 0.25) is 0 Å². The van der Waals surface area contributed by atoms with Gasteiger partial charge < -0.3 is 14.6 Å². The molecule has 9 heteroatoms. The molecule has 2 unspecified atom stereocenters. The third-order valence-corrected chi connectivity index (χ3v) is 11.2. The van der Waals surface area contributed by atoms with E-state index >= 15 is 4.39 Å². The normalized spacial score (nSPS) is 22.6. The van der Waals surface area contributed by atoms with Crippen LogP contribution >= 0.6 is 23.2 Å². The zero-order valence-electron chi connectivity index (χ0n) is 30.1. The van der Waals surface area contributed by atoms with Crippen LogP contribution < -0.4 is 4.74 Å². The van der Waals surface area contributed by atoms with Gasteiger partial charge in [-0.25, -0.2) is 4.39 Å². The molecule has 276 valence electrons. The minimum absolute atomic E-state index is 0.113. The molecule has 1 aliphatic heterocycles. The maximum atomic E-state index is 15.7. The van der Waals surface area contributed by atoms with Gasteiger partial charge in [0.15, 0.2) is 11.6 Å². The second-order valence-electron chi connectivity index (χ2n) is 14.0. The molecule has 6 nitrogen and oxygen atoms in total. The number of unbranched alkanes of at least 4 members (excludes halogenated alkanes) is 1. The van der Waals surface area contributed by atoms with Crippen LogP contribution in [0.2, 0.25) is 10.0 Å². The summed E-state index contributed by atoms with van der Waals surface area (Å²) in [5, 5.41) is 11.0. The smallest absolute Gasteiger partial charge is 0.189 e. The molecule has 52 heavy (non-hydrogen) atoms. The topological polar surface area (TPSA) is 89.9 Å².